The van der Waals surface area contributed by atoms with Crippen LogP contribution in [0.25, 0.3) is 0 Å². The lowest BCUT2D eigenvalue weighted by Crippen LogP contribution is -2.45. The minimum atomic E-state index is -0.227. The Hall–Kier alpha value is -3.00. The molecule has 1 heterocycles. The minimum absolute atomic E-state index is 0.0735. The maximum atomic E-state index is 13.0. The van der Waals surface area contributed by atoms with Crippen LogP contribution in [0.3, 0.4) is 0 Å². The molecule has 2 aromatic rings. The number of hydrogen-bond acceptors (Lipinski definition) is 4. The first-order chi connectivity index (χ1) is 12.4. The normalized spacial score (nSPS) is 15.0. The molecule has 0 saturated heterocycles. The molecule has 5 nitrogen and oxygen atoms in total. The highest BCUT2D eigenvalue weighted by molar-refractivity contribution is 5.94. The van der Waals surface area contributed by atoms with Crippen LogP contribution in [0.5, 0.6) is 11.5 Å². The SMILES string of the molecule is COc1cc2c(cc1OC)C(C)(C)CN(C(=O)c1cccc(C#N)c1)C2. The van der Waals surface area contributed by atoms with Gasteiger partial charge in [0.05, 0.1) is 25.9 Å². The number of fused-ring (bicyclic) bond motifs is 1. The third-order valence-electron chi connectivity index (χ3n) is 4.81. The standard InChI is InChI=1S/C21H22N2O3/c1-21(2)13-23(20(24)15-7-5-6-14(8-15)11-22)12-16-9-18(25-3)19(26-4)10-17(16)21/h5-10H,12-13H2,1-4H3. The van der Waals surface area contributed by atoms with Crippen LogP contribution in [0.1, 0.15) is 40.9 Å². The molecule has 0 bridgehead atoms. The highest BCUT2D eigenvalue weighted by Crippen LogP contribution is 2.40. The van der Waals surface area contributed by atoms with Crippen LogP contribution in [0.15, 0.2) is 36.4 Å². The van der Waals surface area contributed by atoms with Crippen LogP contribution in [0.2, 0.25) is 0 Å². The Bertz CT molecular complexity index is 897. The predicted molar refractivity (Wildman–Crippen MR) is 98.5 cm³/mol. The number of nitrogens with zero attached hydrogens (tertiary/aromatic N) is 2. The van der Waals surface area contributed by atoms with Crippen molar-refractivity contribution in [2.45, 2.75) is 25.8 Å². The summed E-state index contributed by atoms with van der Waals surface area (Å²) in [5.74, 6) is 1.28. The number of ether oxygens (including phenoxy) is 2. The smallest absolute Gasteiger partial charge is 0.254 e. The van der Waals surface area contributed by atoms with Crippen LogP contribution in [0, 0.1) is 11.3 Å². The summed E-state index contributed by atoms with van der Waals surface area (Å²) >= 11 is 0. The van der Waals surface area contributed by atoms with Gasteiger partial charge in [-0.25, -0.2) is 0 Å². The van der Waals surface area contributed by atoms with Gasteiger partial charge >= 0.3 is 0 Å². The topological polar surface area (TPSA) is 62.6 Å². The van der Waals surface area contributed by atoms with E-state index in [0.717, 1.165) is 11.1 Å². The molecule has 1 aliphatic rings. The van der Waals surface area contributed by atoms with Gasteiger partial charge < -0.3 is 14.4 Å². The highest BCUT2D eigenvalue weighted by Gasteiger charge is 2.35. The average molecular weight is 350 g/mol. The van der Waals surface area contributed by atoms with Crippen LogP contribution < -0.4 is 9.47 Å². The molecule has 1 amide bonds. The Morgan fingerprint density at radius 2 is 1.85 bits per heavy atom. The summed E-state index contributed by atoms with van der Waals surface area (Å²) in [4.78, 5) is 14.8. The van der Waals surface area contributed by atoms with Crippen molar-refractivity contribution in [2.24, 2.45) is 0 Å². The van der Waals surface area contributed by atoms with Gasteiger partial charge in [-0.15, -0.1) is 0 Å². The first-order valence-electron chi connectivity index (χ1n) is 8.44. The number of benzene rings is 2. The molecule has 1 aliphatic heterocycles. The maximum absolute atomic E-state index is 13.0. The Morgan fingerprint density at radius 1 is 1.15 bits per heavy atom. The second-order valence-corrected chi connectivity index (χ2v) is 7.10. The first-order valence-corrected chi connectivity index (χ1v) is 8.44. The van der Waals surface area contributed by atoms with Crippen molar-refractivity contribution in [3.63, 3.8) is 0 Å². The Labute approximate surface area is 153 Å². The lowest BCUT2D eigenvalue weighted by molar-refractivity contribution is 0.0685. The van der Waals surface area contributed by atoms with Gasteiger partial charge in [-0.2, -0.15) is 5.26 Å². The van der Waals surface area contributed by atoms with Gasteiger partial charge in [-0.3, -0.25) is 4.79 Å². The number of hydrogen-bond donors (Lipinski definition) is 0. The van der Waals surface area contributed by atoms with Gasteiger partial charge in [0.2, 0.25) is 0 Å². The van der Waals surface area contributed by atoms with E-state index >= 15 is 0 Å². The van der Waals surface area contributed by atoms with Crippen molar-refractivity contribution in [1.82, 2.24) is 4.90 Å². The number of carbonyl (C=O) groups is 1. The van der Waals surface area contributed by atoms with Crippen LogP contribution in [0.4, 0.5) is 0 Å². The summed E-state index contributed by atoms with van der Waals surface area (Å²) in [5, 5.41) is 9.07. The van der Waals surface area contributed by atoms with Gasteiger partial charge in [0.15, 0.2) is 11.5 Å². The molecular formula is C21H22N2O3. The third kappa shape index (κ3) is 3.11. The molecule has 3 rings (SSSR count). The zero-order chi connectivity index (χ0) is 18.9. The summed E-state index contributed by atoms with van der Waals surface area (Å²) in [6.45, 7) is 5.31. The second kappa shape index (κ2) is 6.72. The Balaban J connectivity index is 1.99. The van der Waals surface area contributed by atoms with E-state index in [-0.39, 0.29) is 11.3 Å². The maximum Gasteiger partial charge on any atom is 0.254 e. The molecule has 0 aromatic heterocycles. The fraction of sp³-hybridized carbons (Fsp3) is 0.333. The molecule has 0 radical (unpaired) electrons. The predicted octanol–water partition coefficient (Wildman–Crippen LogP) is 3.51. The molecule has 26 heavy (non-hydrogen) atoms. The van der Waals surface area contributed by atoms with E-state index in [1.807, 2.05) is 17.0 Å². The van der Waals surface area contributed by atoms with Crippen LogP contribution in [-0.4, -0.2) is 31.6 Å². The van der Waals surface area contributed by atoms with E-state index in [0.29, 0.717) is 35.7 Å². The van der Waals surface area contributed by atoms with E-state index < -0.39 is 0 Å². The fourth-order valence-electron chi connectivity index (χ4n) is 3.55. The summed E-state index contributed by atoms with van der Waals surface area (Å²) in [6.07, 6.45) is 0. The zero-order valence-corrected chi connectivity index (χ0v) is 15.5. The molecule has 2 aromatic carbocycles. The summed E-state index contributed by atoms with van der Waals surface area (Å²) in [7, 11) is 3.23. The monoisotopic (exact) mass is 350 g/mol. The molecule has 0 N–H and O–H groups in total. The Kier molecular flexibility index (Phi) is 4.60. The summed E-state index contributed by atoms with van der Waals surface area (Å²) < 4.78 is 10.8. The van der Waals surface area contributed by atoms with Gasteiger partial charge in [0.25, 0.3) is 5.91 Å². The van der Waals surface area contributed by atoms with Crippen LogP contribution in [-0.2, 0) is 12.0 Å². The minimum Gasteiger partial charge on any atom is -0.493 e. The summed E-state index contributed by atoms with van der Waals surface area (Å²) in [5.41, 5.74) is 2.99. The number of amides is 1. The summed E-state index contributed by atoms with van der Waals surface area (Å²) in [6, 6.07) is 12.9. The van der Waals surface area contributed by atoms with Gasteiger partial charge in [0, 0.05) is 24.1 Å². The largest absolute Gasteiger partial charge is 0.493 e. The lowest BCUT2D eigenvalue weighted by atomic mass is 9.78. The average Bonchev–Trinajstić information content (AvgIpc) is 2.65. The van der Waals surface area contributed by atoms with Crippen molar-refractivity contribution in [2.75, 3.05) is 20.8 Å². The van der Waals surface area contributed by atoms with E-state index in [1.54, 1.807) is 38.5 Å². The number of rotatable bonds is 3. The van der Waals surface area contributed by atoms with Crippen molar-refractivity contribution < 1.29 is 14.3 Å². The van der Waals surface area contributed by atoms with E-state index in [9.17, 15) is 4.79 Å². The number of methoxy groups -OCH3 is 2. The zero-order valence-electron chi connectivity index (χ0n) is 15.5. The van der Waals surface area contributed by atoms with Crippen molar-refractivity contribution in [3.05, 3.63) is 58.7 Å². The highest BCUT2D eigenvalue weighted by atomic mass is 16.5. The van der Waals surface area contributed by atoms with E-state index in [4.69, 9.17) is 14.7 Å². The van der Waals surface area contributed by atoms with Crippen molar-refractivity contribution in [3.8, 4) is 17.6 Å². The molecule has 0 aliphatic carbocycles. The molecular weight excluding hydrogens is 328 g/mol. The van der Waals surface area contributed by atoms with Gasteiger partial charge in [-0.1, -0.05) is 19.9 Å². The quantitative estimate of drug-likeness (QED) is 0.850. The fourth-order valence-corrected chi connectivity index (χ4v) is 3.55. The molecule has 0 saturated carbocycles. The lowest BCUT2D eigenvalue weighted by Gasteiger charge is -2.40. The van der Waals surface area contributed by atoms with Crippen molar-refractivity contribution in [1.29, 1.82) is 5.26 Å². The van der Waals surface area contributed by atoms with E-state index in [2.05, 4.69) is 19.9 Å². The molecule has 5 heteroatoms. The number of nitriles is 1. The molecule has 0 fully saturated rings. The van der Waals surface area contributed by atoms with Crippen LogP contribution >= 0.6 is 0 Å². The van der Waals surface area contributed by atoms with Gasteiger partial charge in [0.1, 0.15) is 0 Å². The third-order valence-corrected chi connectivity index (χ3v) is 4.81. The van der Waals surface area contributed by atoms with Gasteiger partial charge in [-0.05, 0) is 41.5 Å². The number of carbonyl (C=O) groups excluding carboxylic acids is 1. The molecule has 0 unspecified atom stereocenters. The molecule has 134 valence electrons. The Morgan fingerprint density at radius 3 is 2.50 bits per heavy atom. The first kappa shape index (κ1) is 17.8. The second-order valence-electron chi connectivity index (χ2n) is 7.10. The van der Waals surface area contributed by atoms with E-state index in [1.165, 1.54) is 0 Å². The van der Waals surface area contributed by atoms with Crippen molar-refractivity contribution >= 4 is 5.91 Å². The molecule has 0 spiro atoms. The molecule has 0 atom stereocenters.